The van der Waals surface area contributed by atoms with Crippen LogP contribution >= 0.6 is 15.9 Å². The summed E-state index contributed by atoms with van der Waals surface area (Å²) in [4.78, 5) is 24.4. The molecular weight excluding hydrogens is 432 g/mol. The van der Waals surface area contributed by atoms with Crippen LogP contribution in [0.15, 0.2) is 71.2 Å². The third-order valence-electron chi connectivity index (χ3n) is 4.15. The maximum Gasteiger partial charge on any atom is 0.262 e. The Bertz CT molecular complexity index is 1030. The Kier molecular flexibility index (Phi) is 6.67. The number of benzene rings is 3. The predicted molar refractivity (Wildman–Crippen MR) is 119 cm³/mol. The lowest BCUT2D eigenvalue weighted by Gasteiger charge is -2.10. The minimum atomic E-state index is -0.269. The average Bonchev–Trinajstić information content (AvgIpc) is 2.69. The molecule has 0 aliphatic heterocycles. The van der Waals surface area contributed by atoms with Gasteiger partial charge in [0.2, 0.25) is 0 Å². The Labute approximate surface area is 178 Å². The van der Waals surface area contributed by atoms with Crippen molar-refractivity contribution in [1.82, 2.24) is 0 Å². The molecule has 29 heavy (non-hydrogen) atoms. The van der Waals surface area contributed by atoms with Gasteiger partial charge in [-0.15, -0.1) is 0 Å². The van der Waals surface area contributed by atoms with E-state index in [1.165, 1.54) is 0 Å². The summed E-state index contributed by atoms with van der Waals surface area (Å²) in [7, 11) is 0. The van der Waals surface area contributed by atoms with E-state index in [2.05, 4.69) is 26.6 Å². The lowest BCUT2D eigenvalue weighted by atomic mass is 10.1. The van der Waals surface area contributed by atoms with Crippen LogP contribution in [0.2, 0.25) is 0 Å². The topological polar surface area (TPSA) is 67.4 Å². The summed E-state index contributed by atoms with van der Waals surface area (Å²) in [5, 5.41) is 5.61. The van der Waals surface area contributed by atoms with Gasteiger partial charge in [0, 0.05) is 16.9 Å². The fraction of sp³-hybridized carbons (Fsp3) is 0.130. The van der Waals surface area contributed by atoms with Crippen molar-refractivity contribution in [2.24, 2.45) is 0 Å². The van der Waals surface area contributed by atoms with Gasteiger partial charge in [0.1, 0.15) is 5.75 Å². The normalized spacial score (nSPS) is 10.3. The Balaban J connectivity index is 1.53. The summed E-state index contributed by atoms with van der Waals surface area (Å²) in [6.07, 6.45) is 0. The smallest absolute Gasteiger partial charge is 0.262 e. The first-order valence-electron chi connectivity index (χ1n) is 9.07. The molecule has 3 aromatic carbocycles. The minimum Gasteiger partial charge on any atom is -0.483 e. The number of carbonyl (C=O) groups excluding carboxylic acids is 2. The van der Waals surface area contributed by atoms with Gasteiger partial charge in [-0.25, -0.2) is 0 Å². The summed E-state index contributed by atoms with van der Waals surface area (Å²) in [5.74, 6) is 0.163. The van der Waals surface area contributed by atoms with E-state index in [1.807, 2.05) is 50.2 Å². The second kappa shape index (κ2) is 9.39. The van der Waals surface area contributed by atoms with Gasteiger partial charge in [-0.1, -0.05) is 23.8 Å². The zero-order valence-electron chi connectivity index (χ0n) is 16.2. The van der Waals surface area contributed by atoms with Crippen LogP contribution in [0.4, 0.5) is 11.4 Å². The number of hydrogen-bond donors (Lipinski definition) is 2. The van der Waals surface area contributed by atoms with Gasteiger partial charge in [0.05, 0.1) is 4.47 Å². The van der Waals surface area contributed by atoms with E-state index in [4.69, 9.17) is 4.74 Å². The Morgan fingerprint density at radius 3 is 2.17 bits per heavy atom. The number of carbonyl (C=O) groups is 2. The van der Waals surface area contributed by atoms with Crippen LogP contribution in [0.1, 0.15) is 21.5 Å². The van der Waals surface area contributed by atoms with Crippen LogP contribution in [0.3, 0.4) is 0 Å². The molecule has 0 saturated heterocycles. The summed E-state index contributed by atoms with van der Waals surface area (Å²) in [6, 6.07) is 20.0. The molecule has 0 aliphatic rings. The molecule has 0 spiro atoms. The molecule has 0 heterocycles. The highest BCUT2D eigenvalue weighted by Gasteiger charge is 2.08. The number of ether oxygens (including phenoxy) is 1. The zero-order chi connectivity index (χ0) is 20.8. The van der Waals surface area contributed by atoms with Gasteiger partial charge >= 0.3 is 0 Å². The second-order valence-corrected chi connectivity index (χ2v) is 7.53. The molecular formula is C23H21BrN2O3. The van der Waals surface area contributed by atoms with E-state index in [1.54, 1.807) is 30.3 Å². The SMILES string of the molecule is Cc1cccc(C(=O)Nc2ccc(NC(=O)COc3ccc(C)cc3Br)cc2)c1. The van der Waals surface area contributed by atoms with E-state index < -0.39 is 0 Å². The fourth-order valence-corrected chi connectivity index (χ4v) is 3.30. The maximum atomic E-state index is 12.3. The highest BCUT2D eigenvalue weighted by molar-refractivity contribution is 9.10. The molecule has 3 aromatic rings. The van der Waals surface area contributed by atoms with Crippen molar-refractivity contribution in [3.63, 3.8) is 0 Å². The highest BCUT2D eigenvalue weighted by Crippen LogP contribution is 2.25. The monoisotopic (exact) mass is 452 g/mol. The molecule has 6 heteroatoms. The third kappa shape index (κ3) is 5.93. The fourth-order valence-electron chi connectivity index (χ4n) is 2.69. The van der Waals surface area contributed by atoms with E-state index >= 15 is 0 Å². The standard InChI is InChI=1S/C23H21BrN2O3/c1-15-4-3-5-17(12-15)23(28)26-19-9-7-18(8-10-19)25-22(27)14-29-21-11-6-16(2)13-20(21)24/h3-13H,14H2,1-2H3,(H,25,27)(H,26,28). The van der Waals surface area contributed by atoms with E-state index in [0.717, 1.165) is 15.6 Å². The van der Waals surface area contributed by atoms with Crippen LogP contribution in [-0.2, 0) is 4.79 Å². The van der Waals surface area contributed by atoms with Gasteiger partial charge in [-0.05, 0) is 83.9 Å². The van der Waals surface area contributed by atoms with E-state index in [-0.39, 0.29) is 18.4 Å². The van der Waals surface area contributed by atoms with Gasteiger partial charge in [0.15, 0.2) is 6.61 Å². The third-order valence-corrected chi connectivity index (χ3v) is 4.77. The van der Waals surface area contributed by atoms with Crippen molar-refractivity contribution >= 4 is 39.1 Å². The average molecular weight is 453 g/mol. The Morgan fingerprint density at radius 2 is 1.52 bits per heavy atom. The van der Waals surface area contributed by atoms with Crippen LogP contribution in [0, 0.1) is 13.8 Å². The molecule has 3 rings (SSSR count). The number of halogens is 1. The summed E-state index contributed by atoms with van der Waals surface area (Å²) >= 11 is 3.42. The van der Waals surface area contributed by atoms with Crippen LogP contribution < -0.4 is 15.4 Å². The molecule has 0 aromatic heterocycles. The predicted octanol–water partition coefficient (Wildman–Crippen LogP) is 5.34. The van der Waals surface area contributed by atoms with Gasteiger partial charge < -0.3 is 15.4 Å². The first kappa shape index (κ1) is 20.6. The van der Waals surface area contributed by atoms with Crippen molar-refractivity contribution in [3.05, 3.63) is 87.9 Å². The van der Waals surface area contributed by atoms with Crippen LogP contribution in [0.5, 0.6) is 5.75 Å². The molecule has 2 N–H and O–H groups in total. The molecule has 0 radical (unpaired) electrons. The van der Waals surface area contributed by atoms with Crippen molar-refractivity contribution in [3.8, 4) is 5.75 Å². The quantitative estimate of drug-likeness (QED) is 0.530. The van der Waals surface area contributed by atoms with Gasteiger partial charge in [-0.2, -0.15) is 0 Å². The van der Waals surface area contributed by atoms with Crippen LogP contribution in [0.25, 0.3) is 0 Å². The van der Waals surface area contributed by atoms with Crippen molar-refractivity contribution in [2.45, 2.75) is 13.8 Å². The number of nitrogens with one attached hydrogen (secondary N) is 2. The Hall–Kier alpha value is -3.12. The van der Waals surface area contributed by atoms with E-state index in [0.29, 0.717) is 22.7 Å². The molecule has 2 amide bonds. The lowest BCUT2D eigenvalue weighted by molar-refractivity contribution is -0.118. The molecule has 0 unspecified atom stereocenters. The number of anilines is 2. The number of amides is 2. The largest absolute Gasteiger partial charge is 0.483 e. The van der Waals surface area contributed by atoms with Crippen molar-refractivity contribution < 1.29 is 14.3 Å². The highest BCUT2D eigenvalue weighted by atomic mass is 79.9. The summed E-state index contributed by atoms with van der Waals surface area (Å²) in [5.41, 5.74) is 3.99. The Morgan fingerprint density at radius 1 is 0.862 bits per heavy atom. The summed E-state index contributed by atoms with van der Waals surface area (Å²) < 4.78 is 6.35. The number of hydrogen-bond acceptors (Lipinski definition) is 3. The summed E-state index contributed by atoms with van der Waals surface area (Å²) in [6.45, 7) is 3.82. The number of rotatable bonds is 6. The molecule has 0 aliphatic carbocycles. The molecule has 0 saturated carbocycles. The zero-order valence-corrected chi connectivity index (χ0v) is 17.7. The molecule has 5 nitrogen and oxygen atoms in total. The first-order chi connectivity index (χ1) is 13.9. The molecule has 0 fully saturated rings. The molecule has 0 atom stereocenters. The first-order valence-corrected chi connectivity index (χ1v) is 9.87. The second-order valence-electron chi connectivity index (χ2n) is 6.67. The van der Waals surface area contributed by atoms with Crippen molar-refractivity contribution in [2.75, 3.05) is 17.2 Å². The molecule has 0 bridgehead atoms. The van der Waals surface area contributed by atoms with E-state index in [9.17, 15) is 9.59 Å². The van der Waals surface area contributed by atoms with Gasteiger partial charge in [-0.3, -0.25) is 9.59 Å². The molecule has 148 valence electrons. The van der Waals surface area contributed by atoms with Crippen molar-refractivity contribution in [1.29, 1.82) is 0 Å². The van der Waals surface area contributed by atoms with Gasteiger partial charge in [0.25, 0.3) is 11.8 Å². The lowest BCUT2D eigenvalue weighted by Crippen LogP contribution is -2.20. The minimum absolute atomic E-state index is 0.104. The van der Waals surface area contributed by atoms with Crippen LogP contribution in [-0.4, -0.2) is 18.4 Å². The number of aryl methyl sites for hydroxylation is 2. The maximum absolute atomic E-state index is 12.3.